The van der Waals surface area contributed by atoms with E-state index < -0.39 is 5.60 Å². The van der Waals surface area contributed by atoms with E-state index in [-0.39, 0.29) is 17.2 Å². The Morgan fingerprint density at radius 3 is 2.69 bits per heavy atom. The zero-order valence-electron chi connectivity index (χ0n) is 15.8. The van der Waals surface area contributed by atoms with Crippen LogP contribution in [0.3, 0.4) is 0 Å². The van der Waals surface area contributed by atoms with E-state index in [4.69, 9.17) is 9.68 Å². The van der Waals surface area contributed by atoms with Gasteiger partial charge in [-0.2, -0.15) is 5.26 Å². The molecule has 0 aromatic carbocycles. The van der Waals surface area contributed by atoms with E-state index in [0.29, 0.717) is 49.9 Å². The molecule has 1 amide bonds. The van der Waals surface area contributed by atoms with Crippen molar-refractivity contribution in [3.8, 4) is 6.07 Å². The molecule has 2 fully saturated rings. The van der Waals surface area contributed by atoms with Gasteiger partial charge in [0, 0.05) is 32.5 Å². The molecule has 0 spiro atoms. The number of aliphatic hydroxyl groups is 1. The molecule has 1 saturated carbocycles. The monoisotopic (exact) mass is 360 g/mol. The number of piperidine rings is 1. The van der Waals surface area contributed by atoms with Gasteiger partial charge in [0.25, 0.3) is 0 Å². The average Bonchev–Trinajstić information content (AvgIpc) is 3.12. The van der Waals surface area contributed by atoms with Crippen LogP contribution in [-0.2, 0) is 4.79 Å². The normalized spacial score (nSPS) is 25.9. The van der Waals surface area contributed by atoms with Gasteiger partial charge in [-0.1, -0.05) is 13.8 Å². The molecule has 2 N–H and O–H groups in total. The maximum absolute atomic E-state index is 12.5. The number of hydrogen-bond donors (Lipinski definition) is 2. The SMILES string of the molecule is Cc1nc(C#N)c(N2CCC(C(=O)NCC3(O)CCCC3(C)C)CC2)o1. The van der Waals surface area contributed by atoms with E-state index in [0.717, 1.165) is 19.3 Å². The first kappa shape index (κ1) is 18.7. The molecular weight excluding hydrogens is 332 g/mol. The number of aryl methyl sites for hydroxylation is 1. The summed E-state index contributed by atoms with van der Waals surface area (Å²) in [4.78, 5) is 18.6. The van der Waals surface area contributed by atoms with Crippen LogP contribution in [0, 0.1) is 29.6 Å². The van der Waals surface area contributed by atoms with Gasteiger partial charge in [-0.05, 0) is 37.5 Å². The minimum Gasteiger partial charge on any atom is -0.424 e. The van der Waals surface area contributed by atoms with Gasteiger partial charge >= 0.3 is 0 Å². The quantitative estimate of drug-likeness (QED) is 0.853. The minimum atomic E-state index is -0.817. The molecule has 1 aliphatic heterocycles. The van der Waals surface area contributed by atoms with Crippen molar-refractivity contribution in [1.82, 2.24) is 10.3 Å². The van der Waals surface area contributed by atoms with E-state index in [1.165, 1.54) is 0 Å². The topological polar surface area (TPSA) is 102 Å². The van der Waals surface area contributed by atoms with Crippen molar-refractivity contribution in [2.24, 2.45) is 11.3 Å². The second-order valence-electron chi connectivity index (χ2n) is 8.25. The molecule has 2 aliphatic rings. The van der Waals surface area contributed by atoms with Crippen LogP contribution in [-0.4, -0.2) is 41.2 Å². The average molecular weight is 360 g/mol. The first-order chi connectivity index (χ1) is 12.3. The molecule has 142 valence electrons. The molecule has 1 aliphatic carbocycles. The number of anilines is 1. The third-order valence-electron chi connectivity index (χ3n) is 6.18. The van der Waals surface area contributed by atoms with Crippen molar-refractivity contribution in [2.45, 2.75) is 58.5 Å². The summed E-state index contributed by atoms with van der Waals surface area (Å²) in [6, 6.07) is 2.06. The Kier molecular flexibility index (Phi) is 4.98. The van der Waals surface area contributed by atoms with Crippen LogP contribution in [0.4, 0.5) is 5.88 Å². The number of nitriles is 1. The van der Waals surface area contributed by atoms with Gasteiger partial charge in [-0.3, -0.25) is 4.79 Å². The largest absolute Gasteiger partial charge is 0.424 e. The van der Waals surface area contributed by atoms with Crippen molar-refractivity contribution >= 4 is 11.8 Å². The molecule has 26 heavy (non-hydrogen) atoms. The van der Waals surface area contributed by atoms with Crippen molar-refractivity contribution in [2.75, 3.05) is 24.5 Å². The zero-order valence-corrected chi connectivity index (χ0v) is 15.8. The summed E-state index contributed by atoms with van der Waals surface area (Å²) in [6.45, 7) is 7.47. The van der Waals surface area contributed by atoms with Crippen molar-refractivity contribution in [1.29, 1.82) is 5.26 Å². The van der Waals surface area contributed by atoms with Gasteiger partial charge in [0.15, 0.2) is 5.89 Å². The van der Waals surface area contributed by atoms with Crippen LogP contribution >= 0.6 is 0 Å². The molecule has 0 radical (unpaired) electrons. The molecule has 1 aromatic heterocycles. The molecule has 0 bridgehead atoms. The lowest BCUT2D eigenvalue weighted by atomic mass is 9.77. The summed E-state index contributed by atoms with van der Waals surface area (Å²) < 4.78 is 5.55. The predicted molar refractivity (Wildman–Crippen MR) is 96.5 cm³/mol. The fraction of sp³-hybridized carbons (Fsp3) is 0.737. The Balaban J connectivity index is 1.53. The number of carbonyl (C=O) groups excluding carboxylic acids is 1. The van der Waals surface area contributed by atoms with Crippen LogP contribution in [0.25, 0.3) is 0 Å². The van der Waals surface area contributed by atoms with E-state index >= 15 is 0 Å². The third kappa shape index (κ3) is 3.43. The highest BCUT2D eigenvalue weighted by Gasteiger charge is 2.47. The number of nitrogens with one attached hydrogen (secondary N) is 1. The summed E-state index contributed by atoms with van der Waals surface area (Å²) in [7, 11) is 0. The molecule has 1 aromatic rings. The lowest BCUT2D eigenvalue weighted by molar-refractivity contribution is -0.128. The lowest BCUT2D eigenvalue weighted by Crippen LogP contribution is -2.51. The number of aromatic nitrogens is 1. The molecule has 3 rings (SSSR count). The van der Waals surface area contributed by atoms with Gasteiger partial charge in [-0.25, -0.2) is 4.98 Å². The van der Waals surface area contributed by atoms with Gasteiger partial charge in [-0.15, -0.1) is 0 Å². The van der Waals surface area contributed by atoms with E-state index in [1.54, 1.807) is 6.92 Å². The van der Waals surface area contributed by atoms with Crippen LogP contribution < -0.4 is 10.2 Å². The highest BCUT2D eigenvalue weighted by atomic mass is 16.4. The maximum atomic E-state index is 12.5. The number of nitrogens with zero attached hydrogens (tertiary/aromatic N) is 3. The second kappa shape index (κ2) is 6.92. The highest BCUT2D eigenvalue weighted by Crippen LogP contribution is 2.45. The Bertz CT molecular complexity index is 713. The Morgan fingerprint density at radius 2 is 2.12 bits per heavy atom. The predicted octanol–water partition coefficient (Wildman–Crippen LogP) is 2.13. The highest BCUT2D eigenvalue weighted by molar-refractivity contribution is 5.79. The van der Waals surface area contributed by atoms with Crippen LogP contribution in [0.1, 0.15) is 57.5 Å². The fourth-order valence-electron chi connectivity index (χ4n) is 4.15. The van der Waals surface area contributed by atoms with Crippen molar-refractivity contribution < 1.29 is 14.3 Å². The lowest BCUT2D eigenvalue weighted by Gasteiger charge is -2.37. The first-order valence-electron chi connectivity index (χ1n) is 9.38. The fourth-order valence-corrected chi connectivity index (χ4v) is 4.15. The summed E-state index contributed by atoms with van der Waals surface area (Å²) in [5.74, 6) is 0.915. The Morgan fingerprint density at radius 1 is 1.42 bits per heavy atom. The van der Waals surface area contributed by atoms with Crippen molar-refractivity contribution in [3.05, 3.63) is 11.6 Å². The van der Waals surface area contributed by atoms with Crippen LogP contribution in [0.15, 0.2) is 4.42 Å². The van der Waals surface area contributed by atoms with Crippen molar-refractivity contribution in [3.63, 3.8) is 0 Å². The van der Waals surface area contributed by atoms with E-state index in [1.807, 2.05) is 4.90 Å². The molecule has 1 saturated heterocycles. The Labute approximate surface area is 154 Å². The maximum Gasteiger partial charge on any atom is 0.234 e. The van der Waals surface area contributed by atoms with Crippen LogP contribution in [0.5, 0.6) is 0 Å². The number of carbonyl (C=O) groups is 1. The Hall–Kier alpha value is -2.07. The molecule has 1 atom stereocenters. The number of oxazole rings is 1. The zero-order chi connectivity index (χ0) is 18.9. The molecular formula is C19H28N4O3. The third-order valence-corrected chi connectivity index (χ3v) is 6.18. The van der Waals surface area contributed by atoms with Crippen LogP contribution in [0.2, 0.25) is 0 Å². The van der Waals surface area contributed by atoms with Gasteiger partial charge in [0.05, 0.1) is 5.60 Å². The standard InChI is InChI=1S/C19H28N4O3/c1-13-22-15(11-20)17(26-13)23-9-5-14(6-10-23)16(24)21-12-19(25)8-4-7-18(19,2)3/h14,25H,4-10,12H2,1-3H3,(H,21,24). The smallest absolute Gasteiger partial charge is 0.234 e. The van der Waals surface area contributed by atoms with Gasteiger partial charge in [0.1, 0.15) is 6.07 Å². The number of amides is 1. The van der Waals surface area contributed by atoms with E-state index in [2.05, 4.69) is 30.2 Å². The molecule has 2 heterocycles. The molecule has 7 nitrogen and oxygen atoms in total. The number of rotatable bonds is 4. The minimum absolute atomic E-state index is 0.00929. The van der Waals surface area contributed by atoms with Gasteiger partial charge < -0.3 is 19.7 Å². The summed E-state index contributed by atoms with van der Waals surface area (Å²) in [5.41, 5.74) is -0.680. The second-order valence-corrected chi connectivity index (χ2v) is 8.25. The summed E-state index contributed by atoms with van der Waals surface area (Å²) in [5, 5.41) is 23.0. The summed E-state index contributed by atoms with van der Waals surface area (Å²) >= 11 is 0. The number of hydrogen-bond acceptors (Lipinski definition) is 6. The molecule has 1 unspecified atom stereocenters. The first-order valence-corrected chi connectivity index (χ1v) is 9.38. The van der Waals surface area contributed by atoms with Gasteiger partial charge in [0.2, 0.25) is 17.5 Å². The molecule has 7 heteroatoms. The van der Waals surface area contributed by atoms with E-state index in [9.17, 15) is 9.90 Å². The summed E-state index contributed by atoms with van der Waals surface area (Å²) in [6.07, 6.45) is 4.10.